The molecule has 0 aromatic rings. The number of halogens is 3. The molecule has 0 atom stereocenters. The largest absolute Gasteiger partial charge is 0.397 e. The number of hydrogen-bond donors (Lipinski definition) is 1. The summed E-state index contributed by atoms with van der Waals surface area (Å²) in [7, 11) is 0. The van der Waals surface area contributed by atoms with Gasteiger partial charge in [-0.1, -0.05) is 0 Å². The topological polar surface area (TPSA) is 20.2 Å². The third-order valence-corrected chi connectivity index (χ3v) is 0. The van der Waals surface area contributed by atoms with Crippen molar-refractivity contribution in [3.05, 3.63) is 0 Å². The van der Waals surface area contributed by atoms with Crippen LogP contribution in [0.4, 0.5) is 0 Å². The van der Waals surface area contributed by atoms with E-state index in [1.54, 1.807) is 6.92 Å². The average Bonchev–Trinajstić information content (AvgIpc) is 0.918. The Morgan fingerprint density at radius 1 is 1.14 bits per heavy atom. The smallest absolute Gasteiger partial charge is 0.0402 e. The summed E-state index contributed by atoms with van der Waals surface area (Å²) in [6, 6.07) is 0. The van der Waals surface area contributed by atoms with Crippen molar-refractivity contribution in [3.63, 3.8) is 0 Å². The molecular weight excluding hydrogens is 328 g/mol. The van der Waals surface area contributed by atoms with E-state index in [0.29, 0.717) is 0 Å². The van der Waals surface area contributed by atoms with E-state index < -0.39 is 0 Å². The van der Waals surface area contributed by atoms with Gasteiger partial charge in [0.25, 0.3) is 0 Å². The summed E-state index contributed by atoms with van der Waals surface area (Å²) >= 11 is 0. The van der Waals surface area contributed by atoms with Crippen molar-refractivity contribution >= 4 is 50.9 Å². The first-order chi connectivity index (χ1) is 1.41. The fourth-order valence-corrected chi connectivity index (χ4v) is 0. The van der Waals surface area contributed by atoms with Gasteiger partial charge >= 0.3 is 0 Å². The van der Waals surface area contributed by atoms with Gasteiger partial charge in [-0.2, -0.15) is 0 Å². The molecule has 0 aliphatic heterocycles. The van der Waals surface area contributed by atoms with Gasteiger partial charge < -0.3 is 5.11 Å². The molecule has 0 radical (unpaired) electrons. The van der Waals surface area contributed by atoms with Crippen LogP contribution in [0.5, 0.6) is 0 Å². The molecule has 0 rings (SSSR count). The van der Waals surface area contributed by atoms with Gasteiger partial charge in [0.15, 0.2) is 0 Å². The van der Waals surface area contributed by atoms with Gasteiger partial charge in [0.1, 0.15) is 0 Å². The maximum atomic E-state index is 7.57. The summed E-state index contributed by atoms with van der Waals surface area (Å²) in [5.41, 5.74) is 0. The molecule has 48 valence electrons. The zero-order valence-corrected chi connectivity index (χ0v) is 10.6. The predicted octanol–water partition coefficient (Wildman–Crippen LogP) is 1.73. The van der Waals surface area contributed by atoms with Crippen molar-refractivity contribution in [2.24, 2.45) is 0 Å². The molecule has 0 unspecified atom stereocenters. The SMILES string of the molecule is Br.Br.Br.CCO.[Ti]. The summed E-state index contributed by atoms with van der Waals surface area (Å²) in [5, 5.41) is 7.57. The number of rotatable bonds is 0. The monoisotopic (exact) mass is 334 g/mol. The molecule has 0 aromatic heterocycles. The van der Waals surface area contributed by atoms with Crippen LogP contribution in [-0.2, 0) is 21.7 Å². The van der Waals surface area contributed by atoms with Crippen LogP contribution in [-0.4, -0.2) is 11.7 Å². The molecule has 1 nitrogen and oxygen atoms in total. The van der Waals surface area contributed by atoms with Gasteiger partial charge in [-0.25, -0.2) is 0 Å². The number of hydrogen-bond acceptors (Lipinski definition) is 1. The molecule has 0 spiro atoms. The van der Waals surface area contributed by atoms with E-state index in [9.17, 15) is 0 Å². The quantitative estimate of drug-likeness (QED) is 0.668. The Balaban J connectivity index is -0.00000000333. The normalized spacial score (nSPS) is 2.57. The molecule has 0 aliphatic carbocycles. The minimum atomic E-state index is 0. The minimum absolute atomic E-state index is 0. The second kappa shape index (κ2) is 42.3. The summed E-state index contributed by atoms with van der Waals surface area (Å²) in [5.74, 6) is 0. The number of aliphatic hydroxyl groups is 1. The van der Waals surface area contributed by atoms with Crippen molar-refractivity contribution in [1.29, 1.82) is 0 Å². The second-order valence-electron chi connectivity index (χ2n) is 0.316. The van der Waals surface area contributed by atoms with Gasteiger partial charge in [-0.15, -0.1) is 50.9 Å². The first-order valence-electron chi connectivity index (χ1n) is 1.02. The maximum absolute atomic E-state index is 7.57. The molecule has 0 saturated heterocycles. The standard InChI is InChI=1S/C2H6O.3BrH.Ti/c1-2-3;;;;/h3H,2H2,1H3;3*1H;. The van der Waals surface area contributed by atoms with Gasteiger partial charge in [-0.05, 0) is 6.92 Å². The van der Waals surface area contributed by atoms with E-state index >= 15 is 0 Å². The summed E-state index contributed by atoms with van der Waals surface area (Å²) in [4.78, 5) is 0. The first kappa shape index (κ1) is 35.5. The zero-order valence-electron chi connectivity index (χ0n) is 3.88. The van der Waals surface area contributed by atoms with Crippen molar-refractivity contribution in [2.45, 2.75) is 6.92 Å². The van der Waals surface area contributed by atoms with E-state index in [2.05, 4.69) is 0 Å². The van der Waals surface area contributed by atoms with Crippen molar-refractivity contribution < 1.29 is 26.8 Å². The van der Waals surface area contributed by atoms with Gasteiger partial charge in [-0.3, -0.25) is 0 Å². The van der Waals surface area contributed by atoms with E-state index in [4.69, 9.17) is 5.11 Å². The molecule has 7 heavy (non-hydrogen) atoms. The van der Waals surface area contributed by atoms with Crippen LogP contribution in [0.25, 0.3) is 0 Å². The molecule has 0 aromatic carbocycles. The number of aliphatic hydroxyl groups excluding tert-OH is 1. The summed E-state index contributed by atoms with van der Waals surface area (Å²) < 4.78 is 0. The Labute approximate surface area is 90.4 Å². The Bertz CT molecular complexity index is 12.9. The fourth-order valence-electron chi connectivity index (χ4n) is 0. The molecule has 0 saturated carbocycles. The average molecular weight is 337 g/mol. The molecule has 0 fully saturated rings. The Morgan fingerprint density at radius 2 is 1.14 bits per heavy atom. The third kappa shape index (κ3) is 67.9. The van der Waals surface area contributed by atoms with Crippen molar-refractivity contribution in [1.82, 2.24) is 0 Å². The van der Waals surface area contributed by atoms with Gasteiger partial charge in [0, 0.05) is 28.3 Å². The fraction of sp³-hybridized carbons (Fsp3) is 1.00. The Morgan fingerprint density at radius 3 is 1.14 bits per heavy atom. The van der Waals surface area contributed by atoms with Crippen LogP contribution in [0.2, 0.25) is 0 Å². The maximum Gasteiger partial charge on any atom is 0.0402 e. The molecule has 0 bridgehead atoms. The molecule has 0 amide bonds. The van der Waals surface area contributed by atoms with Gasteiger partial charge in [0.05, 0.1) is 0 Å². The van der Waals surface area contributed by atoms with Crippen LogP contribution in [0.1, 0.15) is 6.92 Å². The molecule has 0 aliphatic rings. The van der Waals surface area contributed by atoms with E-state index in [1.165, 1.54) is 0 Å². The molecule has 5 heteroatoms. The molecular formula is C2H9Br3OTi. The van der Waals surface area contributed by atoms with Crippen LogP contribution < -0.4 is 0 Å². The minimum Gasteiger partial charge on any atom is -0.397 e. The molecule has 1 N–H and O–H groups in total. The van der Waals surface area contributed by atoms with E-state index in [0.717, 1.165) is 0 Å². The van der Waals surface area contributed by atoms with Crippen LogP contribution in [0, 0.1) is 0 Å². The van der Waals surface area contributed by atoms with Crippen molar-refractivity contribution in [2.75, 3.05) is 6.61 Å². The van der Waals surface area contributed by atoms with Crippen LogP contribution in [0.15, 0.2) is 0 Å². The summed E-state index contributed by atoms with van der Waals surface area (Å²) in [6.07, 6.45) is 0. The second-order valence-corrected chi connectivity index (χ2v) is 0.316. The van der Waals surface area contributed by atoms with Crippen molar-refractivity contribution in [3.8, 4) is 0 Å². The Kier molecular flexibility index (Phi) is 214. The zero-order chi connectivity index (χ0) is 2.71. The molecule has 0 heterocycles. The van der Waals surface area contributed by atoms with E-state index in [-0.39, 0.29) is 79.3 Å². The van der Waals surface area contributed by atoms with Gasteiger partial charge in [0.2, 0.25) is 0 Å². The predicted molar refractivity (Wildman–Crippen MR) is 43.7 cm³/mol. The Hall–Kier alpha value is 2.11. The third-order valence-electron chi connectivity index (χ3n) is 0. The first-order valence-corrected chi connectivity index (χ1v) is 1.02. The van der Waals surface area contributed by atoms with E-state index in [1.807, 2.05) is 0 Å². The van der Waals surface area contributed by atoms with Crippen LogP contribution >= 0.6 is 50.9 Å². The summed E-state index contributed by atoms with van der Waals surface area (Å²) in [6.45, 7) is 1.93. The van der Waals surface area contributed by atoms with Crippen LogP contribution in [0.3, 0.4) is 0 Å².